The first kappa shape index (κ1) is 21.1. The number of rotatable bonds is 5. The Morgan fingerprint density at radius 3 is 2.45 bits per heavy atom. The van der Waals surface area contributed by atoms with E-state index in [0.717, 1.165) is 0 Å². The maximum atomic E-state index is 13.7. The predicted molar refractivity (Wildman–Crippen MR) is 116 cm³/mol. The molecule has 1 spiro atoms. The minimum absolute atomic E-state index is 0.115. The van der Waals surface area contributed by atoms with E-state index in [0.29, 0.717) is 34.9 Å². The second kappa shape index (κ2) is 7.83. The number of carbonyl (C=O) groups is 3. The largest absolute Gasteiger partial charge is 0.507 e. The van der Waals surface area contributed by atoms with Crippen LogP contribution in [0, 0.1) is 0 Å². The SMILES string of the molecule is COCCCN1C(=O)C(=O)/C(=C(/O)c2ccc(Cl)cc2)C12C(=O)N(C)c1ccccc12. The molecule has 2 heterocycles. The molecule has 2 aromatic carbocycles. The van der Waals surface area contributed by atoms with E-state index in [2.05, 4.69) is 0 Å². The molecule has 1 unspecified atom stereocenters. The number of hydrogen-bond donors (Lipinski definition) is 1. The first-order valence-corrected chi connectivity index (χ1v) is 10.2. The number of anilines is 1. The summed E-state index contributed by atoms with van der Waals surface area (Å²) >= 11 is 5.95. The number of para-hydroxylation sites is 1. The van der Waals surface area contributed by atoms with Crippen molar-refractivity contribution >= 4 is 40.6 Å². The van der Waals surface area contributed by atoms with Gasteiger partial charge in [-0.2, -0.15) is 0 Å². The van der Waals surface area contributed by atoms with E-state index in [1.807, 2.05) is 0 Å². The molecule has 0 aromatic heterocycles. The quantitative estimate of drug-likeness (QED) is 0.334. The van der Waals surface area contributed by atoms with Crippen molar-refractivity contribution in [3.8, 4) is 0 Å². The van der Waals surface area contributed by atoms with E-state index < -0.39 is 28.9 Å². The second-order valence-electron chi connectivity index (χ2n) is 7.45. The fourth-order valence-corrected chi connectivity index (χ4v) is 4.52. The third kappa shape index (κ3) is 2.96. The average Bonchev–Trinajstić information content (AvgIpc) is 3.13. The zero-order valence-electron chi connectivity index (χ0n) is 17.1. The Morgan fingerprint density at radius 1 is 1.10 bits per heavy atom. The number of fused-ring (bicyclic) bond motifs is 2. The minimum atomic E-state index is -1.74. The Labute approximate surface area is 184 Å². The molecular weight excluding hydrogens is 420 g/mol. The predicted octanol–water partition coefficient (Wildman–Crippen LogP) is 2.93. The standard InChI is InChI=1S/C23H21ClN2O5/c1-25-17-7-4-3-6-16(17)23(22(25)30)18(19(27)14-8-10-15(24)11-9-14)20(28)21(29)26(23)12-5-13-31-2/h3-4,6-11,27H,5,12-13H2,1-2H3/b19-18-. The number of carbonyl (C=O) groups excluding carboxylic acids is 3. The highest BCUT2D eigenvalue weighted by Gasteiger charge is 2.66. The van der Waals surface area contributed by atoms with Crippen molar-refractivity contribution in [2.24, 2.45) is 0 Å². The van der Waals surface area contributed by atoms with Gasteiger partial charge in [-0.1, -0.05) is 29.8 Å². The number of likely N-dealkylation sites (N-methyl/N-ethyl adjacent to an activating group) is 1. The highest BCUT2D eigenvalue weighted by molar-refractivity contribution is 6.50. The number of amides is 2. The van der Waals surface area contributed by atoms with E-state index in [1.54, 1.807) is 55.6 Å². The second-order valence-corrected chi connectivity index (χ2v) is 7.89. The molecule has 0 saturated carbocycles. The van der Waals surface area contributed by atoms with Crippen molar-refractivity contribution in [3.05, 3.63) is 70.3 Å². The molecule has 1 N–H and O–H groups in total. The van der Waals surface area contributed by atoms with Gasteiger partial charge >= 0.3 is 0 Å². The van der Waals surface area contributed by atoms with Crippen LogP contribution in [0.15, 0.2) is 54.1 Å². The van der Waals surface area contributed by atoms with Crippen molar-refractivity contribution in [1.82, 2.24) is 4.90 Å². The van der Waals surface area contributed by atoms with Crippen LogP contribution < -0.4 is 4.90 Å². The third-order valence-corrected chi connectivity index (χ3v) is 6.04. The number of halogens is 1. The van der Waals surface area contributed by atoms with Gasteiger partial charge in [0, 0.05) is 49.1 Å². The summed E-state index contributed by atoms with van der Waals surface area (Å²) in [5, 5.41) is 11.6. The van der Waals surface area contributed by atoms with Crippen LogP contribution in [-0.4, -0.2) is 54.9 Å². The van der Waals surface area contributed by atoms with Crippen LogP contribution in [0.1, 0.15) is 17.5 Å². The van der Waals surface area contributed by atoms with Crippen molar-refractivity contribution in [2.75, 3.05) is 32.2 Å². The number of ether oxygens (including phenoxy) is 1. The fourth-order valence-electron chi connectivity index (χ4n) is 4.39. The number of aliphatic hydroxyl groups is 1. The molecule has 2 aliphatic heterocycles. The number of Topliss-reactive ketones (excluding diaryl/α,β-unsaturated/α-hetero) is 1. The summed E-state index contributed by atoms with van der Waals surface area (Å²) in [6.07, 6.45) is 0.422. The van der Waals surface area contributed by atoms with E-state index >= 15 is 0 Å². The van der Waals surface area contributed by atoms with Crippen molar-refractivity contribution in [2.45, 2.75) is 12.0 Å². The van der Waals surface area contributed by atoms with E-state index in [-0.39, 0.29) is 12.1 Å². The molecule has 2 aromatic rings. The summed E-state index contributed by atoms with van der Waals surface area (Å²) in [4.78, 5) is 42.7. The third-order valence-electron chi connectivity index (χ3n) is 5.79. The molecule has 8 heteroatoms. The van der Waals surface area contributed by atoms with Gasteiger partial charge in [-0.05, 0) is 36.8 Å². The average molecular weight is 441 g/mol. The zero-order valence-corrected chi connectivity index (χ0v) is 17.8. The first-order valence-electron chi connectivity index (χ1n) is 9.78. The number of aliphatic hydroxyl groups excluding tert-OH is 1. The summed E-state index contributed by atoms with van der Waals surface area (Å²) < 4.78 is 5.09. The number of benzene rings is 2. The molecule has 2 amide bonds. The van der Waals surface area contributed by atoms with Crippen LogP contribution in [0.25, 0.3) is 5.76 Å². The van der Waals surface area contributed by atoms with Gasteiger partial charge in [0.05, 0.1) is 5.57 Å². The maximum absolute atomic E-state index is 13.7. The number of ketones is 1. The van der Waals surface area contributed by atoms with Crippen LogP contribution in [0.3, 0.4) is 0 Å². The lowest BCUT2D eigenvalue weighted by Gasteiger charge is -2.34. The number of nitrogens with zero attached hydrogens (tertiary/aromatic N) is 2. The van der Waals surface area contributed by atoms with Gasteiger partial charge in [0.2, 0.25) is 0 Å². The molecule has 31 heavy (non-hydrogen) atoms. The fraction of sp³-hybridized carbons (Fsp3) is 0.261. The summed E-state index contributed by atoms with van der Waals surface area (Å²) in [7, 11) is 3.13. The lowest BCUT2D eigenvalue weighted by Crippen LogP contribution is -2.51. The maximum Gasteiger partial charge on any atom is 0.296 e. The molecular formula is C23H21ClN2O5. The molecule has 0 aliphatic carbocycles. The number of methoxy groups -OCH3 is 1. The van der Waals surface area contributed by atoms with Crippen molar-refractivity contribution in [1.29, 1.82) is 0 Å². The van der Waals surface area contributed by atoms with Gasteiger partial charge in [0.15, 0.2) is 5.54 Å². The van der Waals surface area contributed by atoms with Gasteiger partial charge in [0.25, 0.3) is 17.6 Å². The molecule has 2 aliphatic rings. The topological polar surface area (TPSA) is 87.1 Å². The number of hydrogen-bond acceptors (Lipinski definition) is 5. The van der Waals surface area contributed by atoms with Crippen molar-refractivity contribution in [3.63, 3.8) is 0 Å². The van der Waals surface area contributed by atoms with Crippen LogP contribution in [0.4, 0.5) is 5.69 Å². The Kier molecular flexibility index (Phi) is 5.33. The molecule has 0 radical (unpaired) electrons. The normalized spacial score (nSPS) is 22.0. The van der Waals surface area contributed by atoms with E-state index in [4.69, 9.17) is 16.3 Å². The summed E-state index contributed by atoms with van der Waals surface area (Å²) in [5.74, 6) is -2.61. The molecule has 160 valence electrons. The van der Waals surface area contributed by atoms with Crippen molar-refractivity contribution < 1.29 is 24.2 Å². The Morgan fingerprint density at radius 2 is 1.77 bits per heavy atom. The highest BCUT2D eigenvalue weighted by Crippen LogP contribution is 2.53. The van der Waals surface area contributed by atoms with Gasteiger partial charge < -0.3 is 19.6 Å². The van der Waals surface area contributed by atoms with Gasteiger partial charge in [-0.3, -0.25) is 14.4 Å². The van der Waals surface area contributed by atoms with Crippen LogP contribution in [0.5, 0.6) is 0 Å². The molecule has 1 saturated heterocycles. The van der Waals surface area contributed by atoms with Gasteiger partial charge in [-0.15, -0.1) is 0 Å². The smallest absolute Gasteiger partial charge is 0.296 e. The Balaban J connectivity index is 2.01. The minimum Gasteiger partial charge on any atom is -0.507 e. The Bertz CT molecular complexity index is 1110. The molecule has 1 fully saturated rings. The van der Waals surface area contributed by atoms with Crippen LogP contribution in [0.2, 0.25) is 5.02 Å². The monoisotopic (exact) mass is 440 g/mol. The first-order chi connectivity index (χ1) is 14.9. The summed E-state index contributed by atoms with van der Waals surface area (Å²) in [6, 6.07) is 13.2. The highest BCUT2D eigenvalue weighted by atomic mass is 35.5. The van der Waals surface area contributed by atoms with Gasteiger partial charge in [0.1, 0.15) is 5.76 Å². The molecule has 1 atom stereocenters. The zero-order chi connectivity index (χ0) is 22.3. The Hall–Kier alpha value is -3.16. The number of likely N-dealkylation sites (tertiary alicyclic amines) is 1. The lowest BCUT2D eigenvalue weighted by molar-refractivity contribution is -0.143. The van der Waals surface area contributed by atoms with Crippen LogP contribution in [-0.2, 0) is 24.7 Å². The molecule has 7 nitrogen and oxygen atoms in total. The summed E-state index contributed by atoms with van der Waals surface area (Å²) in [6.45, 7) is 0.464. The van der Waals surface area contributed by atoms with E-state index in [9.17, 15) is 19.5 Å². The van der Waals surface area contributed by atoms with Crippen LogP contribution >= 0.6 is 11.6 Å². The summed E-state index contributed by atoms with van der Waals surface area (Å²) in [5.41, 5.74) is -0.628. The molecule has 0 bridgehead atoms. The molecule has 4 rings (SSSR count). The van der Waals surface area contributed by atoms with E-state index in [1.165, 1.54) is 16.9 Å². The van der Waals surface area contributed by atoms with Gasteiger partial charge in [-0.25, -0.2) is 0 Å². The lowest BCUT2D eigenvalue weighted by atomic mass is 9.82.